The van der Waals surface area contributed by atoms with Gasteiger partial charge in [-0.3, -0.25) is 4.79 Å². The van der Waals surface area contributed by atoms with Crippen molar-refractivity contribution in [2.45, 2.75) is 31.7 Å². The van der Waals surface area contributed by atoms with Crippen molar-refractivity contribution in [3.63, 3.8) is 0 Å². The molecule has 0 bridgehead atoms. The van der Waals surface area contributed by atoms with E-state index in [9.17, 15) is 4.79 Å². The predicted octanol–water partition coefficient (Wildman–Crippen LogP) is 3.97. The SMILES string of the molecule is COc1cc2c(cc1OC)CN(C(=O)c1cc(C3CC3)nn1-c1ccccc1)CC2. The molecule has 1 fully saturated rings. The van der Waals surface area contributed by atoms with Gasteiger partial charge in [-0.1, -0.05) is 18.2 Å². The maximum Gasteiger partial charge on any atom is 0.272 e. The molecule has 1 saturated carbocycles. The molecule has 2 aromatic carbocycles. The first-order valence-corrected chi connectivity index (χ1v) is 10.4. The summed E-state index contributed by atoms with van der Waals surface area (Å²) in [6.07, 6.45) is 3.09. The van der Waals surface area contributed by atoms with Gasteiger partial charge in [0.1, 0.15) is 5.69 Å². The van der Waals surface area contributed by atoms with E-state index < -0.39 is 0 Å². The Hall–Kier alpha value is -3.28. The number of amides is 1. The van der Waals surface area contributed by atoms with Crippen LogP contribution in [0.4, 0.5) is 0 Å². The number of methoxy groups -OCH3 is 2. The summed E-state index contributed by atoms with van der Waals surface area (Å²) in [7, 11) is 3.28. The first-order valence-electron chi connectivity index (χ1n) is 10.4. The van der Waals surface area contributed by atoms with Gasteiger partial charge in [-0.05, 0) is 60.7 Å². The number of benzene rings is 2. The van der Waals surface area contributed by atoms with Gasteiger partial charge >= 0.3 is 0 Å². The van der Waals surface area contributed by atoms with Crippen LogP contribution in [0, 0.1) is 0 Å². The van der Waals surface area contributed by atoms with Gasteiger partial charge in [0.15, 0.2) is 11.5 Å². The summed E-state index contributed by atoms with van der Waals surface area (Å²) < 4.78 is 12.7. The Morgan fingerprint density at radius 1 is 1.00 bits per heavy atom. The minimum Gasteiger partial charge on any atom is -0.493 e. The number of hydrogen-bond donors (Lipinski definition) is 0. The molecule has 154 valence electrons. The second kappa shape index (κ2) is 7.52. The number of rotatable bonds is 5. The van der Waals surface area contributed by atoms with Crippen molar-refractivity contribution in [3.8, 4) is 17.2 Å². The maximum atomic E-state index is 13.5. The third-order valence-electron chi connectivity index (χ3n) is 5.95. The lowest BCUT2D eigenvalue weighted by Crippen LogP contribution is -2.37. The molecular weight excluding hydrogens is 378 g/mol. The topological polar surface area (TPSA) is 56.6 Å². The molecule has 2 aliphatic rings. The van der Waals surface area contributed by atoms with Crippen molar-refractivity contribution >= 4 is 5.91 Å². The third-order valence-corrected chi connectivity index (χ3v) is 5.95. The summed E-state index contributed by atoms with van der Waals surface area (Å²) in [5.74, 6) is 1.92. The zero-order valence-electron chi connectivity index (χ0n) is 17.3. The van der Waals surface area contributed by atoms with Crippen LogP contribution >= 0.6 is 0 Å². The molecule has 0 radical (unpaired) electrons. The number of para-hydroxylation sites is 1. The summed E-state index contributed by atoms with van der Waals surface area (Å²) in [5.41, 5.74) is 4.86. The van der Waals surface area contributed by atoms with E-state index in [0.717, 1.165) is 42.0 Å². The van der Waals surface area contributed by atoms with Crippen LogP contribution < -0.4 is 9.47 Å². The van der Waals surface area contributed by atoms with E-state index in [-0.39, 0.29) is 5.91 Å². The van der Waals surface area contributed by atoms with E-state index in [1.165, 1.54) is 5.56 Å². The molecular formula is C24H25N3O3. The number of ether oxygens (including phenoxy) is 2. The molecule has 1 amide bonds. The molecule has 0 atom stereocenters. The highest BCUT2D eigenvalue weighted by Gasteiger charge is 2.31. The highest BCUT2D eigenvalue weighted by molar-refractivity contribution is 5.93. The number of carbonyl (C=O) groups is 1. The molecule has 6 nitrogen and oxygen atoms in total. The largest absolute Gasteiger partial charge is 0.493 e. The quantitative estimate of drug-likeness (QED) is 0.647. The zero-order chi connectivity index (χ0) is 20.7. The molecule has 6 heteroatoms. The van der Waals surface area contributed by atoms with Gasteiger partial charge in [-0.15, -0.1) is 0 Å². The fourth-order valence-corrected chi connectivity index (χ4v) is 4.11. The molecule has 5 rings (SSSR count). The van der Waals surface area contributed by atoms with Crippen LogP contribution in [0.25, 0.3) is 5.69 Å². The number of aromatic nitrogens is 2. The first kappa shape index (κ1) is 18.7. The lowest BCUT2D eigenvalue weighted by atomic mass is 9.98. The molecule has 1 aliphatic heterocycles. The van der Waals surface area contributed by atoms with Crippen LogP contribution in [-0.4, -0.2) is 41.4 Å². The van der Waals surface area contributed by atoms with Gasteiger partial charge in [0.25, 0.3) is 5.91 Å². The Morgan fingerprint density at radius 3 is 2.37 bits per heavy atom. The zero-order valence-corrected chi connectivity index (χ0v) is 17.3. The molecule has 0 saturated heterocycles. The normalized spacial score (nSPS) is 15.6. The lowest BCUT2D eigenvalue weighted by molar-refractivity contribution is 0.0725. The van der Waals surface area contributed by atoms with E-state index in [1.807, 2.05) is 53.4 Å². The molecule has 0 unspecified atom stereocenters. The van der Waals surface area contributed by atoms with Crippen molar-refractivity contribution in [1.29, 1.82) is 0 Å². The fraction of sp³-hybridized carbons (Fsp3) is 0.333. The van der Waals surface area contributed by atoms with E-state index in [1.54, 1.807) is 18.9 Å². The summed E-state index contributed by atoms with van der Waals surface area (Å²) in [6.45, 7) is 1.22. The number of nitrogens with zero attached hydrogens (tertiary/aromatic N) is 3. The molecule has 3 aromatic rings. The molecule has 0 spiro atoms. The Kier molecular flexibility index (Phi) is 4.69. The van der Waals surface area contributed by atoms with Crippen molar-refractivity contribution in [3.05, 3.63) is 71.0 Å². The highest BCUT2D eigenvalue weighted by Crippen LogP contribution is 2.40. The Bertz CT molecular complexity index is 1090. The predicted molar refractivity (Wildman–Crippen MR) is 114 cm³/mol. The van der Waals surface area contributed by atoms with Gasteiger partial charge in [0.2, 0.25) is 0 Å². The average molecular weight is 403 g/mol. The molecule has 1 aromatic heterocycles. The van der Waals surface area contributed by atoms with Crippen LogP contribution in [0.5, 0.6) is 11.5 Å². The smallest absolute Gasteiger partial charge is 0.272 e. The number of carbonyl (C=O) groups excluding carboxylic acids is 1. The van der Waals surface area contributed by atoms with Crippen LogP contribution in [0.2, 0.25) is 0 Å². The summed E-state index contributed by atoms with van der Waals surface area (Å²) in [6, 6.07) is 15.9. The first-order chi connectivity index (χ1) is 14.7. The third kappa shape index (κ3) is 3.32. The Balaban J connectivity index is 1.47. The number of fused-ring (bicyclic) bond motifs is 1. The van der Waals surface area contributed by atoms with E-state index >= 15 is 0 Å². The molecule has 0 N–H and O–H groups in total. The van der Waals surface area contributed by atoms with Crippen LogP contribution in [0.1, 0.15) is 46.1 Å². The Morgan fingerprint density at radius 2 is 1.70 bits per heavy atom. The van der Waals surface area contributed by atoms with Crippen LogP contribution in [0.15, 0.2) is 48.5 Å². The van der Waals surface area contributed by atoms with Crippen molar-refractivity contribution in [2.24, 2.45) is 0 Å². The van der Waals surface area contributed by atoms with Crippen molar-refractivity contribution in [2.75, 3.05) is 20.8 Å². The second-order valence-electron chi connectivity index (χ2n) is 7.93. The van der Waals surface area contributed by atoms with Gasteiger partial charge in [-0.2, -0.15) is 5.10 Å². The fourth-order valence-electron chi connectivity index (χ4n) is 4.11. The van der Waals surface area contributed by atoms with Gasteiger partial charge in [0, 0.05) is 19.0 Å². The van der Waals surface area contributed by atoms with Crippen LogP contribution in [0.3, 0.4) is 0 Å². The summed E-state index contributed by atoms with van der Waals surface area (Å²) >= 11 is 0. The molecule has 1 aliphatic carbocycles. The molecule has 30 heavy (non-hydrogen) atoms. The van der Waals surface area contributed by atoms with E-state index in [2.05, 4.69) is 0 Å². The minimum absolute atomic E-state index is 0.0127. The summed E-state index contributed by atoms with van der Waals surface area (Å²) in [5, 5.41) is 4.79. The Labute approximate surface area is 176 Å². The summed E-state index contributed by atoms with van der Waals surface area (Å²) in [4.78, 5) is 15.5. The minimum atomic E-state index is 0.0127. The monoisotopic (exact) mass is 403 g/mol. The molecule has 2 heterocycles. The standard InChI is InChI=1S/C24H25N3O3/c1-29-22-12-17-10-11-26(15-18(17)13-23(22)30-2)24(28)21-14-20(16-8-9-16)25-27(21)19-6-4-3-5-7-19/h3-7,12-14,16H,8-11,15H2,1-2H3. The van der Waals surface area contributed by atoms with Crippen molar-refractivity contribution in [1.82, 2.24) is 14.7 Å². The second-order valence-corrected chi connectivity index (χ2v) is 7.93. The lowest BCUT2D eigenvalue weighted by Gasteiger charge is -2.29. The highest BCUT2D eigenvalue weighted by atomic mass is 16.5. The van der Waals surface area contributed by atoms with Gasteiger partial charge in [-0.25, -0.2) is 4.68 Å². The average Bonchev–Trinajstić information content (AvgIpc) is 3.56. The number of hydrogen-bond acceptors (Lipinski definition) is 4. The van der Waals surface area contributed by atoms with Gasteiger partial charge in [0.05, 0.1) is 25.6 Å². The van der Waals surface area contributed by atoms with Crippen LogP contribution in [-0.2, 0) is 13.0 Å². The maximum absolute atomic E-state index is 13.5. The van der Waals surface area contributed by atoms with E-state index in [0.29, 0.717) is 30.5 Å². The van der Waals surface area contributed by atoms with Crippen molar-refractivity contribution < 1.29 is 14.3 Å². The van der Waals surface area contributed by atoms with Gasteiger partial charge < -0.3 is 14.4 Å². The van der Waals surface area contributed by atoms with E-state index in [4.69, 9.17) is 14.6 Å².